The van der Waals surface area contributed by atoms with Crippen LogP contribution in [0.1, 0.15) is 5.82 Å². The lowest BCUT2D eigenvalue weighted by atomic mass is 10.2. The minimum atomic E-state index is -4.66. The van der Waals surface area contributed by atoms with Crippen LogP contribution < -0.4 is 5.32 Å². The first kappa shape index (κ1) is 18.7. The van der Waals surface area contributed by atoms with E-state index < -0.39 is 12.0 Å². The summed E-state index contributed by atoms with van der Waals surface area (Å²) in [5.74, 6) is -1.65. The van der Waals surface area contributed by atoms with E-state index in [1.54, 1.807) is 42.5 Å². The summed E-state index contributed by atoms with van der Waals surface area (Å²) in [6.07, 6.45) is -4.66. The maximum atomic E-state index is 13.0. The van der Waals surface area contributed by atoms with Gasteiger partial charge in [-0.15, -0.1) is 0 Å². The number of nitrogens with one attached hydrogen (secondary N) is 1. The molecule has 0 aliphatic rings. The van der Waals surface area contributed by atoms with Crippen molar-refractivity contribution in [3.63, 3.8) is 0 Å². The molecule has 0 atom stereocenters. The van der Waals surface area contributed by atoms with Crippen LogP contribution in [-0.4, -0.2) is 21.6 Å². The van der Waals surface area contributed by atoms with Gasteiger partial charge in [-0.2, -0.15) is 13.2 Å². The zero-order valence-electron chi connectivity index (χ0n) is 13.0. The third kappa shape index (κ3) is 4.34. The molecular formula is C17H11BrF3N3OS. The van der Waals surface area contributed by atoms with Crippen molar-refractivity contribution in [1.82, 2.24) is 9.97 Å². The molecule has 1 amide bonds. The number of thioether (sulfide) groups is 1. The van der Waals surface area contributed by atoms with Crippen molar-refractivity contribution < 1.29 is 18.0 Å². The van der Waals surface area contributed by atoms with E-state index in [1.807, 2.05) is 0 Å². The van der Waals surface area contributed by atoms with Gasteiger partial charge in [-0.25, -0.2) is 9.97 Å². The summed E-state index contributed by atoms with van der Waals surface area (Å²) in [5, 5.41) is 3.29. The number of nitrogens with zero attached hydrogens (tertiary/aromatic N) is 2. The molecule has 1 heterocycles. The summed E-state index contributed by atoms with van der Waals surface area (Å²) in [4.78, 5) is 19.3. The Labute approximate surface area is 159 Å². The summed E-state index contributed by atoms with van der Waals surface area (Å²) >= 11 is 4.25. The van der Waals surface area contributed by atoms with Crippen LogP contribution in [0.4, 0.5) is 18.9 Å². The van der Waals surface area contributed by atoms with Gasteiger partial charge in [0, 0.05) is 9.86 Å². The standard InChI is InChI=1S/C17H11BrF3N3OS/c18-11-6-2-4-8-13(11)22-14(25)9-26-15-10-5-1-3-7-12(10)23-16(24-15)17(19,20)21/h1-8H,9H2,(H,22,25). The minimum Gasteiger partial charge on any atom is -0.324 e. The number of alkyl halides is 3. The molecule has 0 saturated heterocycles. The first-order chi connectivity index (χ1) is 12.3. The van der Waals surface area contributed by atoms with E-state index in [0.717, 1.165) is 11.8 Å². The fourth-order valence-electron chi connectivity index (χ4n) is 2.17. The van der Waals surface area contributed by atoms with Crippen molar-refractivity contribution in [3.8, 4) is 0 Å². The van der Waals surface area contributed by atoms with E-state index in [0.29, 0.717) is 15.5 Å². The van der Waals surface area contributed by atoms with Gasteiger partial charge in [-0.3, -0.25) is 4.79 Å². The van der Waals surface area contributed by atoms with Crippen LogP contribution in [0.2, 0.25) is 0 Å². The van der Waals surface area contributed by atoms with E-state index in [4.69, 9.17) is 0 Å². The Balaban J connectivity index is 1.82. The average molecular weight is 442 g/mol. The molecule has 0 bridgehead atoms. The highest BCUT2D eigenvalue weighted by molar-refractivity contribution is 9.10. The number of carbonyl (C=O) groups excluding carboxylic acids is 1. The first-order valence-electron chi connectivity index (χ1n) is 7.36. The quantitative estimate of drug-likeness (QED) is 0.449. The van der Waals surface area contributed by atoms with Gasteiger partial charge in [0.15, 0.2) is 0 Å². The highest BCUT2D eigenvalue weighted by Crippen LogP contribution is 2.32. The number of para-hydroxylation sites is 2. The highest BCUT2D eigenvalue weighted by Gasteiger charge is 2.35. The van der Waals surface area contributed by atoms with Gasteiger partial charge in [-0.1, -0.05) is 42.1 Å². The first-order valence-corrected chi connectivity index (χ1v) is 9.13. The lowest BCUT2D eigenvalue weighted by Crippen LogP contribution is -2.15. The predicted octanol–water partition coefficient (Wildman–Crippen LogP) is 5.14. The summed E-state index contributed by atoms with van der Waals surface area (Å²) in [6.45, 7) is 0. The van der Waals surface area contributed by atoms with E-state index in [1.165, 1.54) is 6.07 Å². The zero-order chi connectivity index (χ0) is 18.7. The van der Waals surface area contributed by atoms with Gasteiger partial charge in [0.1, 0.15) is 5.03 Å². The van der Waals surface area contributed by atoms with Gasteiger partial charge < -0.3 is 5.32 Å². The summed E-state index contributed by atoms with van der Waals surface area (Å²) < 4.78 is 39.7. The average Bonchev–Trinajstić information content (AvgIpc) is 2.60. The Bertz CT molecular complexity index is 965. The summed E-state index contributed by atoms with van der Waals surface area (Å²) in [6, 6.07) is 13.5. The molecule has 0 spiro atoms. The Kier molecular flexibility index (Phi) is 5.47. The van der Waals surface area contributed by atoms with Crippen LogP contribution in [0, 0.1) is 0 Å². The molecule has 0 unspecified atom stereocenters. The molecule has 0 saturated carbocycles. The normalized spacial score (nSPS) is 11.5. The van der Waals surface area contributed by atoms with Crippen LogP contribution in [0.5, 0.6) is 0 Å². The second-order valence-corrected chi connectivity index (χ2v) is 7.00. The van der Waals surface area contributed by atoms with Gasteiger partial charge in [0.05, 0.1) is 17.0 Å². The summed E-state index contributed by atoms with van der Waals surface area (Å²) in [5.41, 5.74) is 0.769. The number of halogens is 4. The van der Waals surface area contributed by atoms with E-state index in [-0.39, 0.29) is 22.2 Å². The number of hydrogen-bond acceptors (Lipinski definition) is 4. The molecule has 0 aliphatic carbocycles. The Morgan fingerprint density at radius 1 is 1.08 bits per heavy atom. The number of anilines is 1. The molecule has 2 aromatic carbocycles. The second-order valence-electron chi connectivity index (χ2n) is 5.18. The third-order valence-electron chi connectivity index (χ3n) is 3.31. The van der Waals surface area contributed by atoms with Gasteiger partial charge >= 0.3 is 6.18 Å². The van der Waals surface area contributed by atoms with Crippen LogP contribution in [0.3, 0.4) is 0 Å². The van der Waals surface area contributed by atoms with Gasteiger partial charge in [-0.05, 0) is 34.1 Å². The largest absolute Gasteiger partial charge is 0.451 e. The maximum absolute atomic E-state index is 13.0. The molecule has 3 aromatic rings. The summed E-state index contributed by atoms with van der Waals surface area (Å²) in [7, 11) is 0. The minimum absolute atomic E-state index is 0.0837. The molecule has 134 valence electrons. The topological polar surface area (TPSA) is 54.9 Å². The van der Waals surface area contributed by atoms with Crippen LogP contribution in [0.25, 0.3) is 10.9 Å². The highest BCUT2D eigenvalue weighted by atomic mass is 79.9. The number of carbonyl (C=O) groups is 1. The molecule has 3 rings (SSSR count). The van der Waals surface area contributed by atoms with Crippen molar-refractivity contribution in [2.45, 2.75) is 11.2 Å². The van der Waals surface area contributed by atoms with Crippen molar-refractivity contribution >= 4 is 50.2 Å². The monoisotopic (exact) mass is 441 g/mol. The number of hydrogen-bond donors (Lipinski definition) is 1. The molecular weight excluding hydrogens is 431 g/mol. The SMILES string of the molecule is O=C(CSc1nc(C(F)(F)F)nc2ccccc12)Nc1ccccc1Br. The van der Waals surface area contributed by atoms with Gasteiger partial charge in [0.2, 0.25) is 11.7 Å². The van der Waals surface area contributed by atoms with Crippen LogP contribution in [0.15, 0.2) is 58.0 Å². The Morgan fingerprint density at radius 3 is 2.50 bits per heavy atom. The number of aromatic nitrogens is 2. The molecule has 0 aliphatic heterocycles. The number of amides is 1. The number of rotatable bonds is 4. The third-order valence-corrected chi connectivity index (χ3v) is 4.99. The van der Waals surface area contributed by atoms with E-state index >= 15 is 0 Å². The molecule has 9 heteroatoms. The molecule has 1 aromatic heterocycles. The lowest BCUT2D eigenvalue weighted by Gasteiger charge is -2.11. The van der Waals surface area contributed by atoms with Crippen LogP contribution in [-0.2, 0) is 11.0 Å². The second kappa shape index (κ2) is 7.63. The Morgan fingerprint density at radius 2 is 1.77 bits per heavy atom. The Hall–Kier alpha value is -2.13. The molecule has 0 fully saturated rings. The van der Waals surface area contributed by atoms with Crippen molar-refractivity contribution in [2.75, 3.05) is 11.1 Å². The van der Waals surface area contributed by atoms with Crippen molar-refractivity contribution in [2.24, 2.45) is 0 Å². The molecule has 4 nitrogen and oxygen atoms in total. The predicted molar refractivity (Wildman–Crippen MR) is 98.0 cm³/mol. The van der Waals surface area contributed by atoms with Crippen molar-refractivity contribution in [1.29, 1.82) is 0 Å². The zero-order valence-corrected chi connectivity index (χ0v) is 15.5. The fraction of sp³-hybridized carbons (Fsp3) is 0.118. The van der Waals surface area contributed by atoms with Crippen LogP contribution >= 0.6 is 27.7 Å². The number of fused-ring (bicyclic) bond motifs is 1. The number of benzene rings is 2. The lowest BCUT2D eigenvalue weighted by molar-refractivity contribution is -0.145. The van der Waals surface area contributed by atoms with E-state index in [9.17, 15) is 18.0 Å². The molecule has 26 heavy (non-hydrogen) atoms. The van der Waals surface area contributed by atoms with E-state index in [2.05, 4.69) is 31.2 Å². The molecule has 1 N–H and O–H groups in total. The smallest absolute Gasteiger partial charge is 0.324 e. The van der Waals surface area contributed by atoms with Crippen molar-refractivity contribution in [3.05, 3.63) is 58.8 Å². The fourth-order valence-corrected chi connectivity index (χ4v) is 3.37. The van der Waals surface area contributed by atoms with Gasteiger partial charge in [0.25, 0.3) is 0 Å². The maximum Gasteiger partial charge on any atom is 0.451 e. The molecule has 0 radical (unpaired) electrons.